The minimum atomic E-state index is -1.29. The van der Waals surface area contributed by atoms with Gasteiger partial charge in [0.1, 0.15) is 12.1 Å². The fourth-order valence-corrected chi connectivity index (χ4v) is 1.48. The van der Waals surface area contributed by atoms with Crippen LogP contribution in [-0.4, -0.2) is 69.5 Å². The zero-order valence-electron chi connectivity index (χ0n) is 11.1. The summed E-state index contributed by atoms with van der Waals surface area (Å²) in [7, 11) is 0. The monoisotopic (exact) mass is 306 g/mol. The Bertz CT molecular complexity index is 362. The van der Waals surface area contributed by atoms with Crippen molar-refractivity contribution in [1.29, 1.82) is 0 Å². The van der Waals surface area contributed by atoms with E-state index in [1.54, 1.807) is 0 Å². The number of hydrogen-bond acceptors (Lipinski definition) is 6. The molecule has 0 aromatic carbocycles. The number of aliphatic carboxylic acids is 4. The van der Waals surface area contributed by atoms with Crippen molar-refractivity contribution in [2.75, 3.05) is 13.1 Å². The largest absolute Gasteiger partial charge is 0.481 e. The molecular weight excluding hydrogens is 288 g/mol. The first-order valence-electron chi connectivity index (χ1n) is 6.10. The lowest BCUT2D eigenvalue weighted by Crippen LogP contribution is -2.42. The highest BCUT2D eigenvalue weighted by atomic mass is 16.4. The summed E-state index contributed by atoms with van der Waals surface area (Å²) in [6.45, 7) is 0.299. The zero-order chi connectivity index (χ0) is 16.4. The van der Waals surface area contributed by atoms with Crippen molar-refractivity contribution in [2.24, 2.45) is 0 Å². The molecule has 0 radical (unpaired) electrons. The lowest BCUT2D eigenvalue weighted by Gasteiger charge is -2.14. The number of carbonyl (C=O) groups is 4. The van der Waals surface area contributed by atoms with E-state index in [9.17, 15) is 19.2 Å². The van der Waals surface area contributed by atoms with Gasteiger partial charge in [-0.05, 0) is 19.5 Å². The normalized spacial score (nSPS) is 13.3. The van der Waals surface area contributed by atoms with Gasteiger partial charge in [0.25, 0.3) is 0 Å². The first-order chi connectivity index (χ1) is 9.73. The van der Waals surface area contributed by atoms with Crippen molar-refractivity contribution in [2.45, 2.75) is 31.3 Å². The molecule has 0 fully saturated rings. The Balaban J connectivity index is 4.01. The lowest BCUT2D eigenvalue weighted by molar-refractivity contribution is -0.146. The molecule has 120 valence electrons. The Hall–Kier alpha value is -2.20. The van der Waals surface area contributed by atoms with E-state index < -0.39 is 48.8 Å². The molecule has 10 nitrogen and oxygen atoms in total. The summed E-state index contributed by atoms with van der Waals surface area (Å²) in [4.78, 5) is 42.3. The molecule has 0 aliphatic rings. The molecule has 0 rings (SSSR count). The van der Waals surface area contributed by atoms with E-state index in [0.717, 1.165) is 0 Å². The third kappa shape index (κ3) is 9.35. The Labute approximate surface area is 119 Å². The van der Waals surface area contributed by atoms with Crippen LogP contribution >= 0.6 is 0 Å². The van der Waals surface area contributed by atoms with Crippen LogP contribution in [0, 0.1) is 0 Å². The smallest absolute Gasteiger partial charge is 0.321 e. The SMILES string of the molecule is O=C(O)CC(NCCCNC(CC(=O)O)C(=O)O)C(=O)O. The predicted octanol–water partition coefficient (Wildman–Crippen LogP) is -1.59. The van der Waals surface area contributed by atoms with Crippen LogP contribution in [0.3, 0.4) is 0 Å². The average Bonchev–Trinajstić information content (AvgIpc) is 2.34. The Morgan fingerprint density at radius 3 is 1.29 bits per heavy atom. The summed E-state index contributed by atoms with van der Waals surface area (Å²) in [5.41, 5.74) is 0. The van der Waals surface area contributed by atoms with E-state index >= 15 is 0 Å². The first-order valence-corrected chi connectivity index (χ1v) is 6.10. The van der Waals surface area contributed by atoms with Crippen LogP contribution in [0.5, 0.6) is 0 Å². The maximum Gasteiger partial charge on any atom is 0.321 e. The van der Waals surface area contributed by atoms with Gasteiger partial charge in [0.2, 0.25) is 0 Å². The molecule has 0 heterocycles. The molecule has 0 saturated heterocycles. The van der Waals surface area contributed by atoms with Gasteiger partial charge in [0.15, 0.2) is 0 Å². The topological polar surface area (TPSA) is 173 Å². The van der Waals surface area contributed by atoms with E-state index in [1.165, 1.54) is 0 Å². The number of hydrogen-bond donors (Lipinski definition) is 6. The summed E-state index contributed by atoms with van der Waals surface area (Å²) >= 11 is 0. The van der Waals surface area contributed by atoms with Gasteiger partial charge in [-0.2, -0.15) is 0 Å². The number of nitrogens with one attached hydrogen (secondary N) is 2. The van der Waals surface area contributed by atoms with Crippen molar-refractivity contribution in [3.8, 4) is 0 Å². The maximum absolute atomic E-state index is 10.7. The van der Waals surface area contributed by atoms with Gasteiger partial charge in [-0.1, -0.05) is 0 Å². The summed E-state index contributed by atoms with van der Waals surface area (Å²) in [6.07, 6.45) is -0.828. The van der Waals surface area contributed by atoms with Crippen molar-refractivity contribution in [3.63, 3.8) is 0 Å². The Kier molecular flexibility index (Phi) is 8.65. The molecule has 0 spiro atoms. The molecule has 10 heteroatoms. The molecule has 0 aromatic heterocycles. The average molecular weight is 306 g/mol. The fraction of sp³-hybridized carbons (Fsp3) is 0.636. The van der Waals surface area contributed by atoms with Crippen LogP contribution in [0.4, 0.5) is 0 Å². The third-order valence-electron chi connectivity index (χ3n) is 2.49. The highest BCUT2D eigenvalue weighted by molar-refractivity contribution is 5.81. The Morgan fingerprint density at radius 1 is 0.714 bits per heavy atom. The van der Waals surface area contributed by atoms with Gasteiger partial charge in [0.05, 0.1) is 12.8 Å². The van der Waals surface area contributed by atoms with Crippen LogP contribution in [0.1, 0.15) is 19.3 Å². The molecule has 2 unspecified atom stereocenters. The van der Waals surface area contributed by atoms with Crippen LogP contribution in [0.25, 0.3) is 0 Å². The minimum absolute atomic E-state index is 0.149. The van der Waals surface area contributed by atoms with E-state index in [0.29, 0.717) is 6.42 Å². The third-order valence-corrected chi connectivity index (χ3v) is 2.49. The predicted molar refractivity (Wildman–Crippen MR) is 68.0 cm³/mol. The van der Waals surface area contributed by atoms with E-state index in [-0.39, 0.29) is 13.1 Å². The molecule has 0 aliphatic heterocycles. The molecule has 0 aliphatic carbocycles. The minimum Gasteiger partial charge on any atom is -0.481 e. The summed E-state index contributed by atoms with van der Waals surface area (Å²) in [5.74, 6) is -5.08. The molecular formula is C11H18N2O8. The number of carboxylic acids is 4. The molecule has 0 saturated carbocycles. The van der Waals surface area contributed by atoms with Crippen LogP contribution < -0.4 is 10.6 Å². The maximum atomic E-state index is 10.7. The van der Waals surface area contributed by atoms with E-state index in [4.69, 9.17) is 20.4 Å². The van der Waals surface area contributed by atoms with Gasteiger partial charge in [-0.3, -0.25) is 19.2 Å². The van der Waals surface area contributed by atoms with Gasteiger partial charge in [-0.15, -0.1) is 0 Å². The zero-order valence-corrected chi connectivity index (χ0v) is 11.1. The van der Waals surface area contributed by atoms with Crippen LogP contribution in [-0.2, 0) is 19.2 Å². The molecule has 0 amide bonds. The van der Waals surface area contributed by atoms with E-state index in [2.05, 4.69) is 10.6 Å². The van der Waals surface area contributed by atoms with Gasteiger partial charge in [-0.25, -0.2) is 0 Å². The summed E-state index contributed by atoms with van der Waals surface area (Å²) in [6, 6.07) is -2.45. The van der Waals surface area contributed by atoms with Gasteiger partial charge >= 0.3 is 23.9 Å². The fourth-order valence-electron chi connectivity index (χ4n) is 1.48. The van der Waals surface area contributed by atoms with Crippen LogP contribution in [0.2, 0.25) is 0 Å². The molecule has 0 aromatic rings. The molecule has 6 N–H and O–H groups in total. The first kappa shape index (κ1) is 18.8. The molecule has 0 bridgehead atoms. The van der Waals surface area contributed by atoms with Crippen molar-refractivity contribution < 1.29 is 39.6 Å². The number of carboxylic acid groups (broad SMARTS) is 4. The van der Waals surface area contributed by atoms with Crippen molar-refractivity contribution >= 4 is 23.9 Å². The second-order valence-corrected chi connectivity index (χ2v) is 4.24. The summed E-state index contributed by atoms with van der Waals surface area (Å²) < 4.78 is 0. The van der Waals surface area contributed by atoms with Crippen molar-refractivity contribution in [3.05, 3.63) is 0 Å². The van der Waals surface area contributed by atoms with Crippen LogP contribution in [0.15, 0.2) is 0 Å². The van der Waals surface area contributed by atoms with E-state index in [1.807, 2.05) is 0 Å². The summed E-state index contributed by atoms with van der Waals surface area (Å²) in [5, 5.41) is 39.6. The highest BCUT2D eigenvalue weighted by Gasteiger charge is 2.21. The standard InChI is InChI=1S/C11H18N2O8/c14-8(15)4-6(10(18)19)12-2-1-3-13-7(11(20)21)5-9(16)17/h6-7,12-13H,1-5H2,(H,14,15)(H,16,17)(H,18,19)(H,20,21). The molecule has 2 atom stereocenters. The van der Waals surface area contributed by atoms with Crippen molar-refractivity contribution in [1.82, 2.24) is 10.6 Å². The highest BCUT2D eigenvalue weighted by Crippen LogP contribution is 1.95. The second-order valence-electron chi connectivity index (χ2n) is 4.24. The number of rotatable bonds is 12. The lowest BCUT2D eigenvalue weighted by atomic mass is 10.2. The molecule has 21 heavy (non-hydrogen) atoms. The van der Waals surface area contributed by atoms with Gasteiger partial charge in [0, 0.05) is 0 Å². The van der Waals surface area contributed by atoms with Gasteiger partial charge < -0.3 is 31.1 Å². The quantitative estimate of drug-likeness (QED) is 0.231. The second kappa shape index (κ2) is 9.66. The Morgan fingerprint density at radius 2 is 1.05 bits per heavy atom.